The summed E-state index contributed by atoms with van der Waals surface area (Å²) < 4.78 is 64.6. The van der Waals surface area contributed by atoms with Crippen LogP contribution >= 0.6 is 0 Å². The van der Waals surface area contributed by atoms with Crippen molar-refractivity contribution in [3.63, 3.8) is 0 Å². The Hall–Kier alpha value is -3.79. The van der Waals surface area contributed by atoms with Crippen LogP contribution in [0, 0.1) is 17.2 Å². The minimum Gasteiger partial charge on any atom is -0.598 e. The Kier molecular flexibility index (Phi) is 9.39. The quantitative estimate of drug-likeness (QED) is 0.184. The van der Waals surface area contributed by atoms with Crippen LogP contribution in [0.5, 0.6) is 5.88 Å². The summed E-state index contributed by atoms with van der Waals surface area (Å²) in [6, 6.07) is 17.4. The molecule has 4 atom stereocenters. The number of pyridine rings is 1. The largest absolute Gasteiger partial charge is 0.598 e. The van der Waals surface area contributed by atoms with Gasteiger partial charge < -0.3 is 14.6 Å². The number of hydrogen-bond acceptors (Lipinski definition) is 7. The zero-order chi connectivity index (χ0) is 31.5. The fourth-order valence-electron chi connectivity index (χ4n) is 5.33. The second-order valence-corrected chi connectivity index (χ2v) is 13.9. The molecule has 2 aromatic heterocycles. The van der Waals surface area contributed by atoms with Crippen molar-refractivity contribution in [2.24, 2.45) is 5.92 Å². The number of rotatable bonds is 9. The molecule has 12 heteroatoms. The fourth-order valence-corrected chi connectivity index (χ4v) is 6.17. The maximum Gasteiger partial charge on any atom is 0.412 e. The number of benzene rings is 2. The fraction of sp³-hybridized carbons (Fsp3) is 0.406. The van der Waals surface area contributed by atoms with E-state index >= 15 is 0 Å². The van der Waals surface area contributed by atoms with Crippen molar-refractivity contribution in [1.82, 2.24) is 19.5 Å². The van der Waals surface area contributed by atoms with Gasteiger partial charge in [0, 0.05) is 23.2 Å². The lowest BCUT2D eigenvalue weighted by Gasteiger charge is -2.29. The molecule has 1 aliphatic carbocycles. The van der Waals surface area contributed by atoms with Crippen LogP contribution in [0.3, 0.4) is 0 Å². The van der Waals surface area contributed by atoms with Gasteiger partial charge in [-0.25, -0.2) is 4.98 Å². The number of aromatic nitrogens is 3. The SMILES string of the molecule is CC(C)(C)[S+]([O-])N[C@@H](c1cccc(Nc2nn([C@H]3CCCC[C@@H]3C#N)c3ccnc(OCc4ccccc4)c23)c1)C(F)(F)F. The van der Waals surface area contributed by atoms with Gasteiger partial charge in [0.25, 0.3) is 0 Å². The number of alkyl halides is 3. The standard InChI is InChI=1S/C32H35F3N6O2S/c1-31(2,3)44(42)40-28(32(33,34)35)22-13-9-14-24(18-22)38-29-27-26(41(39-29)25-15-8-7-12-23(25)19-36)16-17-37-30(27)43-20-21-10-5-4-6-11-21/h4-6,9-11,13-14,16-18,23,25,28,40H,7-8,12,15,20H2,1-3H3,(H,38,39)/t23-,25+,28+,44?/m1/s1. The van der Waals surface area contributed by atoms with Crippen LogP contribution in [0.2, 0.25) is 0 Å². The van der Waals surface area contributed by atoms with Gasteiger partial charge in [0.1, 0.15) is 16.7 Å². The Morgan fingerprint density at radius 1 is 1.09 bits per heavy atom. The topological polar surface area (TPSA) is 111 Å². The summed E-state index contributed by atoms with van der Waals surface area (Å²) in [6.45, 7) is 5.08. The van der Waals surface area contributed by atoms with Crippen LogP contribution in [-0.2, 0) is 18.0 Å². The molecule has 2 aromatic carbocycles. The van der Waals surface area contributed by atoms with Gasteiger partial charge in [-0.05, 0) is 62.9 Å². The van der Waals surface area contributed by atoms with Gasteiger partial charge in [0.05, 0.1) is 23.5 Å². The third kappa shape index (κ3) is 7.12. The number of halogens is 3. The molecule has 0 bridgehead atoms. The molecule has 5 rings (SSSR count). The molecule has 0 aliphatic heterocycles. The minimum absolute atomic E-state index is 0.0978. The molecule has 0 radical (unpaired) electrons. The van der Waals surface area contributed by atoms with Crippen LogP contribution < -0.4 is 14.8 Å². The number of anilines is 2. The number of nitrogens with zero attached hydrogens (tertiary/aromatic N) is 4. The van der Waals surface area contributed by atoms with Crippen LogP contribution in [0.1, 0.15) is 69.7 Å². The first-order chi connectivity index (χ1) is 21.0. The number of nitrogens with one attached hydrogen (secondary N) is 2. The van der Waals surface area contributed by atoms with Crippen molar-refractivity contribution >= 4 is 33.8 Å². The van der Waals surface area contributed by atoms with Gasteiger partial charge in [-0.1, -0.05) is 55.3 Å². The second-order valence-electron chi connectivity index (χ2n) is 11.9. The van der Waals surface area contributed by atoms with Gasteiger partial charge in [0.15, 0.2) is 11.9 Å². The summed E-state index contributed by atoms with van der Waals surface area (Å²) in [5.41, 5.74) is 1.91. The number of fused-ring (bicyclic) bond motifs is 1. The monoisotopic (exact) mass is 624 g/mol. The number of ether oxygens (including phenoxy) is 1. The Morgan fingerprint density at radius 3 is 2.55 bits per heavy atom. The van der Waals surface area contributed by atoms with Crippen molar-refractivity contribution in [2.45, 2.75) is 76.1 Å². The van der Waals surface area contributed by atoms with Crippen LogP contribution in [0.15, 0.2) is 66.9 Å². The molecule has 2 heterocycles. The first kappa shape index (κ1) is 31.6. The average molecular weight is 625 g/mol. The van der Waals surface area contributed by atoms with E-state index in [1.807, 2.05) is 41.1 Å². The molecule has 0 saturated heterocycles. The molecule has 1 unspecified atom stereocenters. The molecule has 1 fully saturated rings. The molecule has 232 valence electrons. The maximum absolute atomic E-state index is 14.2. The molecular weight excluding hydrogens is 589 g/mol. The zero-order valence-corrected chi connectivity index (χ0v) is 25.6. The zero-order valence-electron chi connectivity index (χ0n) is 24.8. The van der Waals surface area contributed by atoms with Crippen molar-refractivity contribution in [3.8, 4) is 11.9 Å². The van der Waals surface area contributed by atoms with E-state index in [0.717, 1.165) is 31.2 Å². The molecule has 0 amide bonds. The highest BCUT2D eigenvalue weighted by Crippen LogP contribution is 2.41. The van der Waals surface area contributed by atoms with E-state index < -0.39 is 28.3 Å². The summed E-state index contributed by atoms with van der Waals surface area (Å²) in [4.78, 5) is 4.48. The summed E-state index contributed by atoms with van der Waals surface area (Å²) in [6.07, 6.45) is 0.397. The first-order valence-electron chi connectivity index (χ1n) is 14.5. The van der Waals surface area contributed by atoms with E-state index in [0.29, 0.717) is 28.3 Å². The number of nitriles is 1. The molecule has 1 saturated carbocycles. The van der Waals surface area contributed by atoms with E-state index in [4.69, 9.17) is 9.84 Å². The van der Waals surface area contributed by atoms with Crippen LogP contribution in [0.4, 0.5) is 24.7 Å². The predicted octanol–water partition coefficient (Wildman–Crippen LogP) is 7.66. The van der Waals surface area contributed by atoms with Gasteiger partial charge in [-0.3, -0.25) is 4.68 Å². The minimum atomic E-state index is -4.69. The molecule has 8 nitrogen and oxygen atoms in total. The van der Waals surface area contributed by atoms with E-state index in [2.05, 4.69) is 21.1 Å². The molecule has 2 N–H and O–H groups in total. The average Bonchev–Trinajstić information content (AvgIpc) is 3.36. The maximum atomic E-state index is 14.2. The Bertz CT molecular complexity index is 1620. The van der Waals surface area contributed by atoms with Gasteiger partial charge >= 0.3 is 6.18 Å². The van der Waals surface area contributed by atoms with E-state index in [-0.39, 0.29) is 24.1 Å². The lowest BCUT2D eigenvalue weighted by molar-refractivity contribution is -0.153. The molecule has 1 aliphatic rings. The van der Waals surface area contributed by atoms with E-state index in [9.17, 15) is 23.0 Å². The van der Waals surface area contributed by atoms with Crippen molar-refractivity contribution in [2.75, 3.05) is 5.32 Å². The smallest absolute Gasteiger partial charge is 0.412 e. The third-order valence-electron chi connectivity index (χ3n) is 7.60. The lowest BCUT2D eigenvalue weighted by Crippen LogP contribution is -2.45. The normalized spacial score (nSPS) is 18.9. The Morgan fingerprint density at radius 2 is 1.84 bits per heavy atom. The summed E-state index contributed by atoms with van der Waals surface area (Å²) in [7, 11) is 0. The lowest BCUT2D eigenvalue weighted by atomic mass is 9.85. The van der Waals surface area contributed by atoms with Crippen molar-refractivity contribution < 1.29 is 22.5 Å². The van der Waals surface area contributed by atoms with Gasteiger partial charge in [-0.15, -0.1) is 4.72 Å². The van der Waals surface area contributed by atoms with Crippen molar-refractivity contribution in [3.05, 3.63) is 78.0 Å². The molecular formula is C32H35F3N6O2S. The van der Waals surface area contributed by atoms with E-state index in [1.54, 1.807) is 33.0 Å². The Labute approximate surface area is 257 Å². The second kappa shape index (κ2) is 13.1. The molecule has 0 spiro atoms. The highest BCUT2D eigenvalue weighted by atomic mass is 32.2. The highest BCUT2D eigenvalue weighted by Gasteiger charge is 2.45. The Balaban J connectivity index is 1.54. The summed E-state index contributed by atoms with van der Waals surface area (Å²) in [5, 5.41) is 18.5. The third-order valence-corrected chi connectivity index (χ3v) is 9.17. The van der Waals surface area contributed by atoms with Gasteiger partial charge in [-0.2, -0.15) is 23.5 Å². The predicted molar refractivity (Wildman–Crippen MR) is 164 cm³/mol. The molecule has 4 aromatic rings. The van der Waals surface area contributed by atoms with Crippen molar-refractivity contribution in [1.29, 1.82) is 5.26 Å². The highest BCUT2D eigenvalue weighted by molar-refractivity contribution is 7.90. The summed E-state index contributed by atoms with van der Waals surface area (Å²) >= 11 is -1.96. The summed E-state index contributed by atoms with van der Waals surface area (Å²) in [5.74, 6) is 0.438. The first-order valence-corrected chi connectivity index (χ1v) is 15.7. The van der Waals surface area contributed by atoms with Crippen LogP contribution in [-0.4, -0.2) is 30.2 Å². The van der Waals surface area contributed by atoms with E-state index in [1.165, 1.54) is 18.2 Å². The number of hydrogen-bond donors (Lipinski definition) is 2. The van der Waals surface area contributed by atoms with Crippen LogP contribution in [0.25, 0.3) is 10.9 Å². The van der Waals surface area contributed by atoms with Gasteiger partial charge in [0.2, 0.25) is 5.88 Å². The molecule has 44 heavy (non-hydrogen) atoms.